The van der Waals surface area contributed by atoms with E-state index in [1.807, 2.05) is 20.8 Å². The van der Waals surface area contributed by atoms with E-state index in [-0.39, 0.29) is 28.3 Å². The van der Waals surface area contributed by atoms with Crippen LogP contribution in [0.2, 0.25) is 0 Å². The van der Waals surface area contributed by atoms with E-state index < -0.39 is 16.6 Å². The third kappa shape index (κ3) is 4.63. The van der Waals surface area contributed by atoms with Crippen LogP contribution in [0.15, 0.2) is 23.1 Å². The van der Waals surface area contributed by atoms with E-state index in [1.54, 1.807) is 0 Å². The van der Waals surface area contributed by atoms with Gasteiger partial charge in [-0.2, -0.15) is 0 Å². The van der Waals surface area contributed by atoms with Gasteiger partial charge in [-0.05, 0) is 31.0 Å². The number of amides is 1. The number of rotatable bonds is 5. The van der Waals surface area contributed by atoms with Crippen LogP contribution in [0.4, 0.5) is 10.1 Å². The number of carbonyl (C=O) groups excluding carboxylic acids is 1. The zero-order valence-corrected chi connectivity index (χ0v) is 12.1. The maximum Gasteiger partial charge on any atom is 0.233 e. The number of halogens is 1. The summed E-state index contributed by atoms with van der Waals surface area (Å²) in [6.45, 7) is 5.86. The largest absolute Gasteiger partial charge is 0.398 e. The molecule has 3 N–H and O–H groups in total. The summed E-state index contributed by atoms with van der Waals surface area (Å²) < 4.78 is 24.9. The summed E-state index contributed by atoms with van der Waals surface area (Å²) in [5, 5.41) is 2.76. The summed E-state index contributed by atoms with van der Waals surface area (Å²) >= 11 is 0. The Kier molecular flexibility index (Phi) is 5.47. The minimum atomic E-state index is -1.57. The number of hydrogen-bond acceptors (Lipinski definition) is 3. The van der Waals surface area contributed by atoms with Crippen molar-refractivity contribution in [1.82, 2.24) is 5.32 Å². The minimum Gasteiger partial charge on any atom is -0.398 e. The van der Waals surface area contributed by atoms with Gasteiger partial charge in [0.15, 0.2) is 0 Å². The summed E-state index contributed by atoms with van der Waals surface area (Å²) in [6, 6.07) is 3.63. The number of nitrogen functional groups attached to an aromatic ring is 1. The number of carbonyl (C=O) groups is 1. The van der Waals surface area contributed by atoms with E-state index in [1.165, 1.54) is 12.1 Å². The van der Waals surface area contributed by atoms with Gasteiger partial charge in [0.1, 0.15) is 11.6 Å². The van der Waals surface area contributed by atoms with Crippen LogP contribution < -0.4 is 11.1 Å². The van der Waals surface area contributed by atoms with Crippen molar-refractivity contribution < 1.29 is 13.4 Å². The first-order valence-electron chi connectivity index (χ1n) is 6.04. The maximum atomic E-state index is 12.9. The fraction of sp³-hybridized carbons (Fsp3) is 0.462. The fourth-order valence-corrected chi connectivity index (χ4v) is 2.40. The van der Waals surface area contributed by atoms with Gasteiger partial charge in [0.2, 0.25) is 5.91 Å². The highest BCUT2D eigenvalue weighted by molar-refractivity contribution is 7.86. The Morgan fingerprint density at radius 3 is 2.58 bits per heavy atom. The van der Waals surface area contributed by atoms with E-state index in [0.29, 0.717) is 5.92 Å². The van der Waals surface area contributed by atoms with Crippen LogP contribution >= 0.6 is 0 Å². The second-order valence-corrected chi connectivity index (χ2v) is 6.19. The number of hydrogen-bond donors (Lipinski definition) is 2. The quantitative estimate of drug-likeness (QED) is 0.809. The summed E-state index contributed by atoms with van der Waals surface area (Å²) in [7, 11) is -1.57. The predicted octanol–water partition coefficient (Wildman–Crippen LogP) is 1.68. The third-order valence-electron chi connectivity index (χ3n) is 2.87. The van der Waals surface area contributed by atoms with Crippen LogP contribution in [0.25, 0.3) is 0 Å². The number of anilines is 1. The minimum absolute atomic E-state index is 0.00932. The molecule has 0 bridgehead atoms. The summed E-state index contributed by atoms with van der Waals surface area (Å²) in [5.74, 6) is -0.667. The van der Waals surface area contributed by atoms with Gasteiger partial charge < -0.3 is 11.1 Å². The van der Waals surface area contributed by atoms with E-state index >= 15 is 0 Å². The summed E-state index contributed by atoms with van der Waals surface area (Å²) in [5.41, 5.74) is 5.68. The van der Waals surface area contributed by atoms with Gasteiger partial charge in [-0.3, -0.25) is 9.00 Å². The van der Waals surface area contributed by atoms with Crippen molar-refractivity contribution in [2.24, 2.45) is 5.92 Å². The molecular formula is C13H19FN2O2S. The fourth-order valence-electron chi connectivity index (χ4n) is 1.39. The highest BCUT2D eigenvalue weighted by Crippen LogP contribution is 2.17. The van der Waals surface area contributed by atoms with Crippen molar-refractivity contribution in [2.45, 2.75) is 31.7 Å². The Hall–Kier alpha value is -1.43. The first kappa shape index (κ1) is 15.6. The molecule has 1 amide bonds. The van der Waals surface area contributed by atoms with E-state index in [0.717, 1.165) is 6.07 Å². The first-order valence-corrected chi connectivity index (χ1v) is 7.36. The molecule has 19 heavy (non-hydrogen) atoms. The van der Waals surface area contributed by atoms with Crippen LogP contribution in [-0.4, -0.2) is 21.9 Å². The van der Waals surface area contributed by atoms with Crippen molar-refractivity contribution in [3.8, 4) is 0 Å². The molecule has 0 aliphatic carbocycles. The van der Waals surface area contributed by atoms with Gasteiger partial charge in [0.25, 0.3) is 0 Å². The molecule has 2 atom stereocenters. The molecule has 0 heterocycles. The van der Waals surface area contributed by atoms with Crippen LogP contribution in [0, 0.1) is 11.7 Å². The van der Waals surface area contributed by atoms with Gasteiger partial charge in [-0.25, -0.2) is 4.39 Å². The molecule has 1 aromatic rings. The van der Waals surface area contributed by atoms with Crippen LogP contribution in [0.1, 0.15) is 20.8 Å². The monoisotopic (exact) mass is 286 g/mol. The van der Waals surface area contributed by atoms with Crippen molar-refractivity contribution in [3.05, 3.63) is 24.0 Å². The third-order valence-corrected chi connectivity index (χ3v) is 4.25. The maximum absolute atomic E-state index is 12.9. The van der Waals surface area contributed by atoms with Crippen molar-refractivity contribution in [3.63, 3.8) is 0 Å². The average Bonchev–Trinajstić information content (AvgIpc) is 2.27. The molecule has 4 nitrogen and oxygen atoms in total. The highest BCUT2D eigenvalue weighted by atomic mass is 32.2. The SMILES string of the molecule is CC(C)C(C)NC(=O)CS(=O)c1ccc(F)cc1N. The summed E-state index contributed by atoms with van der Waals surface area (Å²) in [6.07, 6.45) is 0. The lowest BCUT2D eigenvalue weighted by Gasteiger charge is -2.17. The Labute approximate surface area is 115 Å². The second kappa shape index (κ2) is 6.65. The number of nitrogens with two attached hydrogens (primary N) is 1. The van der Waals surface area contributed by atoms with E-state index in [9.17, 15) is 13.4 Å². The second-order valence-electron chi connectivity index (χ2n) is 4.77. The topological polar surface area (TPSA) is 72.2 Å². The van der Waals surface area contributed by atoms with E-state index in [4.69, 9.17) is 5.73 Å². The van der Waals surface area contributed by atoms with Gasteiger partial charge in [0.05, 0.1) is 21.4 Å². The van der Waals surface area contributed by atoms with Crippen molar-refractivity contribution in [2.75, 3.05) is 11.5 Å². The average molecular weight is 286 g/mol. The number of nitrogens with one attached hydrogen (secondary N) is 1. The Bertz CT molecular complexity index is 492. The zero-order chi connectivity index (χ0) is 14.6. The van der Waals surface area contributed by atoms with Gasteiger partial charge in [-0.15, -0.1) is 0 Å². The standard InChI is InChI=1S/C13H19FN2O2S/c1-8(2)9(3)16-13(17)7-19(18)12-5-4-10(14)6-11(12)15/h4-6,8-9H,7,15H2,1-3H3,(H,16,17). The molecule has 106 valence electrons. The molecule has 6 heteroatoms. The summed E-state index contributed by atoms with van der Waals surface area (Å²) in [4.78, 5) is 12.0. The van der Waals surface area contributed by atoms with Crippen LogP contribution in [0.3, 0.4) is 0 Å². The molecule has 0 saturated heterocycles. The molecule has 0 spiro atoms. The van der Waals surface area contributed by atoms with Crippen molar-refractivity contribution in [1.29, 1.82) is 0 Å². The molecule has 1 rings (SSSR count). The molecule has 0 aliphatic rings. The molecule has 0 aliphatic heterocycles. The normalized spacial score (nSPS) is 14.2. The molecule has 1 aromatic carbocycles. The van der Waals surface area contributed by atoms with Gasteiger partial charge in [-0.1, -0.05) is 13.8 Å². The predicted molar refractivity (Wildman–Crippen MR) is 74.5 cm³/mol. The van der Waals surface area contributed by atoms with Gasteiger partial charge >= 0.3 is 0 Å². The lowest BCUT2D eigenvalue weighted by Crippen LogP contribution is -2.38. The highest BCUT2D eigenvalue weighted by Gasteiger charge is 2.16. The Morgan fingerprint density at radius 2 is 2.05 bits per heavy atom. The van der Waals surface area contributed by atoms with Crippen molar-refractivity contribution >= 4 is 22.4 Å². The number of benzene rings is 1. The lowest BCUT2D eigenvalue weighted by atomic mass is 10.1. The molecular weight excluding hydrogens is 267 g/mol. The first-order chi connectivity index (χ1) is 8.81. The molecule has 0 saturated carbocycles. The zero-order valence-electron chi connectivity index (χ0n) is 11.3. The van der Waals surface area contributed by atoms with Gasteiger partial charge in [0, 0.05) is 6.04 Å². The molecule has 2 unspecified atom stereocenters. The smallest absolute Gasteiger partial charge is 0.233 e. The molecule has 0 radical (unpaired) electrons. The Morgan fingerprint density at radius 1 is 1.42 bits per heavy atom. The van der Waals surface area contributed by atoms with Crippen LogP contribution in [-0.2, 0) is 15.6 Å². The van der Waals surface area contributed by atoms with Crippen LogP contribution in [0.5, 0.6) is 0 Å². The lowest BCUT2D eigenvalue weighted by molar-refractivity contribution is -0.119. The molecule has 0 aromatic heterocycles. The van der Waals surface area contributed by atoms with E-state index in [2.05, 4.69) is 5.32 Å². The molecule has 0 fully saturated rings. The Balaban J connectivity index is 2.67.